The molecule has 0 radical (unpaired) electrons. The topological polar surface area (TPSA) is 55.1 Å². The van der Waals surface area contributed by atoms with Crippen LogP contribution in [0.25, 0.3) is 10.1 Å². The zero-order valence-corrected chi connectivity index (χ0v) is 15.0. The van der Waals surface area contributed by atoms with Crippen LogP contribution in [-0.2, 0) is 0 Å². The van der Waals surface area contributed by atoms with Gasteiger partial charge in [-0.1, -0.05) is 36.2 Å². The van der Waals surface area contributed by atoms with Crippen molar-refractivity contribution in [1.29, 1.82) is 0 Å². The molecule has 0 aliphatic heterocycles. The number of nitrogens with two attached hydrogens (primary N) is 1. The van der Waals surface area contributed by atoms with Crippen LogP contribution in [0.4, 0.5) is 5.69 Å². The van der Waals surface area contributed by atoms with Crippen LogP contribution in [0.3, 0.4) is 0 Å². The number of fused-ring (bicyclic) bond motifs is 1. The molecule has 114 valence electrons. The Morgan fingerprint density at radius 2 is 2.14 bits per heavy atom. The Morgan fingerprint density at radius 3 is 2.81 bits per heavy atom. The first-order chi connectivity index (χ1) is 9.92. The molecule has 1 amide bonds. The molecule has 3 nitrogen and oxygen atoms in total. The normalized spacial score (nSPS) is 14.1. The van der Waals surface area contributed by atoms with Gasteiger partial charge in [-0.2, -0.15) is 0 Å². The van der Waals surface area contributed by atoms with Gasteiger partial charge >= 0.3 is 0 Å². The summed E-state index contributed by atoms with van der Waals surface area (Å²) in [4.78, 5) is 13.0. The van der Waals surface area contributed by atoms with Crippen LogP contribution in [-0.4, -0.2) is 11.9 Å². The molecule has 2 atom stereocenters. The van der Waals surface area contributed by atoms with Crippen LogP contribution in [0.15, 0.2) is 22.7 Å². The van der Waals surface area contributed by atoms with E-state index in [0.29, 0.717) is 16.5 Å². The van der Waals surface area contributed by atoms with Crippen molar-refractivity contribution in [3.8, 4) is 0 Å². The number of thiophene rings is 1. The number of anilines is 1. The predicted octanol–water partition coefficient (Wildman–Crippen LogP) is 4.80. The Morgan fingerprint density at radius 1 is 1.43 bits per heavy atom. The third-order valence-corrected chi connectivity index (χ3v) is 5.40. The summed E-state index contributed by atoms with van der Waals surface area (Å²) in [5.74, 6) is 0.539. The molecule has 0 bridgehead atoms. The number of hydrogen-bond donors (Lipinski definition) is 2. The number of rotatable bonds is 5. The van der Waals surface area contributed by atoms with Crippen molar-refractivity contribution < 1.29 is 4.79 Å². The van der Waals surface area contributed by atoms with Crippen LogP contribution in [0, 0.1) is 5.92 Å². The summed E-state index contributed by atoms with van der Waals surface area (Å²) < 4.78 is 2.01. The Hall–Kier alpha value is -1.07. The minimum Gasteiger partial charge on any atom is -0.397 e. The summed E-state index contributed by atoms with van der Waals surface area (Å²) >= 11 is 4.89. The quantitative estimate of drug-likeness (QED) is 0.795. The first-order valence-corrected chi connectivity index (χ1v) is 8.81. The van der Waals surface area contributed by atoms with Gasteiger partial charge in [-0.25, -0.2) is 0 Å². The third-order valence-electron chi connectivity index (χ3n) is 3.72. The lowest BCUT2D eigenvalue weighted by Gasteiger charge is -2.17. The van der Waals surface area contributed by atoms with Gasteiger partial charge in [0.05, 0.1) is 5.69 Å². The molecule has 0 aliphatic carbocycles. The molecular weight excluding hydrogens is 348 g/mol. The van der Waals surface area contributed by atoms with E-state index in [0.717, 1.165) is 27.4 Å². The Labute approximate surface area is 138 Å². The van der Waals surface area contributed by atoms with Crippen molar-refractivity contribution in [2.75, 3.05) is 5.73 Å². The van der Waals surface area contributed by atoms with Gasteiger partial charge in [0, 0.05) is 20.6 Å². The number of nitrogens with one attached hydrogen (secondary N) is 1. The molecule has 1 heterocycles. The smallest absolute Gasteiger partial charge is 0.263 e. The van der Waals surface area contributed by atoms with Gasteiger partial charge in [0.15, 0.2) is 0 Å². The maximum Gasteiger partial charge on any atom is 0.263 e. The third kappa shape index (κ3) is 3.77. The van der Waals surface area contributed by atoms with Crippen molar-refractivity contribution >= 4 is 48.9 Å². The maximum atomic E-state index is 12.4. The van der Waals surface area contributed by atoms with Gasteiger partial charge in [0.2, 0.25) is 0 Å². The molecule has 0 spiro atoms. The van der Waals surface area contributed by atoms with Crippen molar-refractivity contribution in [2.24, 2.45) is 5.92 Å². The van der Waals surface area contributed by atoms with Gasteiger partial charge in [-0.3, -0.25) is 4.79 Å². The van der Waals surface area contributed by atoms with Gasteiger partial charge in [0.1, 0.15) is 4.88 Å². The minimum absolute atomic E-state index is 0.0689. The molecule has 0 fully saturated rings. The van der Waals surface area contributed by atoms with Crippen LogP contribution in [0.2, 0.25) is 0 Å². The Kier molecular flexibility index (Phi) is 5.27. The number of halogens is 1. The second kappa shape index (κ2) is 6.79. The van der Waals surface area contributed by atoms with Crippen LogP contribution < -0.4 is 11.1 Å². The lowest BCUT2D eigenvalue weighted by atomic mass is 10.0. The van der Waals surface area contributed by atoms with Gasteiger partial charge < -0.3 is 11.1 Å². The van der Waals surface area contributed by atoms with E-state index in [-0.39, 0.29) is 11.9 Å². The number of hydrogen-bond acceptors (Lipinski definition) is 3. The van der Waals surface area contributed by atoms with Crippen molar-refractivity contribution in [3.05, 3.63) is 27.5 Å². The van der Waals surface area contributed by atoms with E-state index in [1.165, 1.54) is 11.3 Å². The molecule has 2 rings (SSSR count). The molecular formula is C16H21BrN2OS. The second-order valence-corrected chi connectivity index (χ2v) is 7.58. The highest BCUT2D eigenvalue weighted by atomic mass is 79.9. The fraction of sp³-hybridized carbons (Fsp3) is 0.438. The van der Waals surface area contributed by atoms with Gasteiger partial charge in [-0.05, 0) is 37.5 Å². The highest BCUT2D eigenvalue weighted by Crippen LogP contribution is 2.35. The zero-order chi connectivity index (χ0) is 15.6. The Bertz CT molecular complexity index is 653. The first kappa shape index (κ1) is 16.3. The highest BCUT2D eigenvalue weighted by molar-refractivity contribution is 9.10. The highest BCUT2D eigenvalue weighted by Gasteiger charge is 2.18. The molecule has 2 unspecified atom stereocenters. The standard InChI is InChI=1S/C16H21BrN2OS/c1-4-9(2)7-10(3)19-16(20)15-14(18)12-8-11(17)5-6-13(12)21-15/h5-6,8-10H,4,7,18H2,1-3H3,(H,19,20). The minimum atomic E-state index is -0.0689. The van der Waals surface area contributed by atoms with Crippen molar-refractivity contribution in [1.82, 2.24) is 5.32 Å². The monoisotopic (exact) mass is 368 g/mol. The lowest BCUT2D eigenvalue weighted by molar-refractivity contribution is 0.0940. The van der Waals surface area contributed by atoms with Gasteiger partial charge in [-0.15, -0.1) is 11.3 Å². The Balaban J connectivity index is 2.18. The summed E-state index contributed by atoms with van der Waals surface area (Å²) in [6.07, 6.45) is 2.11. The van der Waals surface area contributed by atoms with Crippen LogP contribution >= 0.6 is 27.3 Å². The number of carbonyl (C=O) groups is 1. The van der Waals surface area contributed by atoms with E-state index in [2.05, 4.69) is 35.1 Å². The molecule has 3 N–H and O–H groups in total. The number of nitrogen functional groups attached to an aromatic ring is 1. The fourth-order valence-electron chi connectivity index (χ4n) is 2.38. The van der Waals surface area contributed by atoms with E-state index >= 15 is 0 Å². The van der Waals surface area contributed by atoms with Crippen molar-refractivity contribution in [2.45, 2.75) is 39.7 Å². The summed E-state index contributed by atoms with van der Waals surface area (Å²) in [6.45, 7) is 6.42. The van der Waals surface area contributed by atoms with Gasteiger partial charge in [0.25, 0.3) is 5.91 Å². The first-order valence-electron chi connectivity index (χ1n) is 7.20. The summed E-state index contributed by atoms with van der Waals surface area (Å²) in [5.41, 5.74) is 6.71. The summed E-state index contributed by atoms with van der Waals surface area (Å²) in [6, 6.07) is 6.06. The van der Waals surface area contributed by atoms with E-state index in [4.69, 9.17) is 5.73 Å². The molecule has 0 saturated carbocycles. The molecule has 21 heavy (non-hydrogen) atoms. The zero-order valence-electron chi connectivity index (χ0n) is 12.6. The molecule has 0 saturated heterocycles. The van der Waals surface area contributed by atoms with E-state index in [1.54, 1.807) is 0 Å². The van der Waals surface area contributed by atoms with Crippen LogP contribution in [0.5, 0.6) is 0 Å². The SMILES string of the molecule is CCC(C)CC(C)NC(=O)c1sc2ccc(Br)cc2c1N. The van der Waals surface area contributed by atoms with E-state index < -0.39 is 0 Å². The number of amides is 1. The number of carbonyl (C=O) groups excluding carboxylic acids is 1. The predicted molar refractivity (Wildman–Crippen MR) is 94.9 cm³/mol. The van der Waals surface area contributed by atoms with Crippen molar-refractivity contribution in [3.63, 3.8) is 0 Å². The molecule has 5 heteroatoms. The molecule has 1 aromatic carbocycles. The molecule has 0 aliphatic rings. The number of benzene rings is 1. The largest absolute Gasteiger partial charge is 0.397 e. The summed E-state index contributed by atoms with van der Waals surface area (Å²) in [5, 5.41) is 4.00. The second-order valence-electron chi connectivity index (χ2n) is 5.61. The maximum absolute atomic E-state index is 12.4. The molecule has 1 aromatic heterocycles. The average molecular weight is 369 g/mol. The fourth-order valence-corrected chi connectivity index (χ4v) is 3.74. The summed E-state index contributed by atoms with van der Waals surface area (Å²) in [7, 11) is 0. The average Bonchev–Trinajstić information content (AvgIpc) is 2.75. The molecule has 2 aromatic rings. The van der Waals surface area contributed by atoms with Crippen LogP contribution in [0.1, 0.15) is 43.3 Å². The van der Waals surface area contributed by atoms with E-state index in [1.807, 2.05) is 25.1 Å². The lowest BCUT2D eigenvalue weighted by Crippen LogP contribution is -2.33. The van der Waals surface area contributed by atoms with E-state index in [9.17, 15) is 4.79 Å².